The maximum atomic E-state index is 12.9. The van der Waals surface area contributed by atoms with Crippen LogP contribution < -0.4 is 11.1 Å². The molecule has 0 aliphatic carbocycles. The van der Waals surface area contributed by atoms with Crippen molar-refractivity contribution < 1.29 is 18.0 Å². The Balaban J connectivity index is 2.95. The second-order valence-electron chi connectivity index (χ2n) is 6.03. The summed E-state index contributed by atoms with van der Waals surface area (Å²) in [6.45, 7) is 5.42. The Hall–Kier alpha value is -1.56. The van der Waals surface area contributed by atoms with Gasteiger partial charge in [-0.1, -0.05) is 18.2 Å². The summed E-state index contributed by atoms with van der Waals surface area (Å²) < 4.78 is 38.8. The third-order valence-electron chi connectivity index (χ3n) is 2.94. The van der Waals surface area contributed by atoms with Crippen LogP contribution in [0.15, 0.2) is 24.3 Å². The molecular weight excluding hydrogens is 281 g/mol. The standard InChI is InChI=1S/C15H21F3N2O/c1-14(2,3)20-13(21)11(9-19)8-10-6-4-5-7-12(10)15(16,17)18/h4-7,11H,8-9,19H2,1-3H3,(H,20,21). The predicted octanol–water partition coefficient (Wildman–Crippen LogP) is 2.74. The molecular formula is C15H21F3N2O. The fourth-order valence-corrected chi connectivity index (χ4v) is 2.00. The molecule has 1 unspecified atom stereocenters. The average Bonchev–Trinajstić information content (AvgIpc) is 2.33. The lowest BCUT2D eigenvalue weighted by atomic mass is 9.93. The van der Waals surface area contributed by atoms with Gasteiger partial charge < -0.3 is 11.1 Å². The number of carbonyl (C=O) groups excluding carboxylic acids is 1. The molecule has 1 amide bonds. The van der Waals surface area contributed by atoms with Gasteiger partial charge in [0, 0.05) is 12.1 Å². The van der Waals surface area contributed by atoms with Gasteiger partial charge in [0.15, 0.2) is 0 Å². The van der Waals surface area contributed by atoms with Gasteiger partial charge in [0.2, 0.25) is 5.91 Å². The minimum atomic E-state index is -4.43. The Kier molecular flexibility index (Phi) is 5.39. The minimum absolute atomic E-state index is 0.00585. The molecule has 0 aromatic heterocycles. The van der Waals surface area contributed by atoms with Crippen LogP contribution >= 0.6 is 0 Å². The van der Waals surface area contributed by atoms with Crippen molar-refractivity contribution in [2.45, 2.75) is 38.9 Å². The molecule has 3 N–H and O–H groups in total. The van der Waals surface area contributed by atoms with Crippen molar-refractivity contribution in [3.63, 3.8) is 0 Å². The van der Waals surface area contributed by atoms with Crippen molar-refractivity contribution in [1.82, 2.24) is 5.32 Å². The van der Waals surface area contributed by atoms with Gasteiger partial charge in [-0.15, -0.1) is 0 Å². The van der Waals surface area contributed by atoms with Gasteiger partial charge in [-0.2, -0.15) is 13.2 Å². The van der Waals surface area contributed by atoms with Crippen LogP contribution in [-0.2, 0) is 17.4 Å². The van der Waals surface area contributed by atoms with Crippen LogP contribution in [-0.4, -0.2) is 18.0 Å². The lowest BCUT2D eigenvalue weighted by molar-refractivity contribution is -0.138. The highest BCUT2D eigenvalue weighted by molar-refractivity contribution is 5.80. The Morgan fingerprint density at radius 1 is 1.24 bits per heavy atom. The molecule has 1 aromatic rings. The second kappa shape index (κ2) is 6.47. The van der Waals surface area contributed by atoms with Crippen molar-refractivity contribution >= 4 is 5.91 Å². The van der Waals surface area contributed by atoms with Crippen LogP contribution in [0.2, 0.25) is 0 Å². The number of halogens is 3. The zero-order valence-electron chi connectivity index (χ0n) is 12.4. The third kappa shape index (κ3) is 5.38. The zero-order chi connectivity index (χ0) is 16.3. The lowest BCUT2D eigenvalue weighted by Crippen LogP contribution is -2.46. The van der Waals surface area contributed by atoms with Gasteiger partial charge in [0.25, 0.3) is 0 Å². The van der Waals surface area contributed by atoms with E-state index in [1.54, 1.807) is 0 Å². The lowest BCUT2D eigenvalue weighted by Gasteiger charge is -2.25. The van der Waals surface area contributed by atoms with Gasteiger partial charge in [0.05, 0.1) is 11.5 Å². The van der Waals surface area contributed by atoms with E-state index in [0.717, 1.165) is 6.07 Å². The molecule has 0 saturated carbocycles. The molecule has 1 aromatic carbocycles. The summed E-state index contributed by atoms with van der Waals surface area (Å²) in [4.78, 5) is 12.1. The molecule has 6 heteroatoms. The summed E-state index contributed by atoms with van der Waals surface area (Å²) in [6.07, 6.45) is -4.47. The Bertz CT molecular complexity index is 492. The fraction of sp³-hybridized carbons (Fsp3) is 0.533. The molecule has 3 nitrogen and oxygen atoms in total. The summed E-state index contributed by atoms with van der Waals surface area (Å²) in [5.74, 6) is -1.02. The van der Waals surface area contributed by atoms with E-state index >= 15 is 0 Å². The first-order valence-electron chi connectivity index (χ1n) is 6.72. The maximum absolute atomic E-state index is 12.9. The number of nitrogens with two attached hydrogens (primary N) is 1. The summed E-state index contributed by atoms with van der Waals surface area (Å²) in [7, 11) is 0. The van der Waals surface area contributed by atoms with Crippen LogP contribution in [0.25, 0.3) is 0 Å². The van der Waals surface area contributed by atoms with Gasteiger partial charge in [0.1, 0.15) is 0 Å². The highest BCUT2D eigenvalue weighted by Gasteiger charge is 2.34. The molecule has 0 bridgehead atoms. The highest BCUT2D eigenvalue weighted by atomic mass is 19.4. The largest absolute Gasteiger partial charge is 0.416 e. The normalized spacial score (nSPS) is 13.9. The predicted molar refractivity (Wildman–Crippen MR) is 75.6 cm³/mol. The summed E-state index contributed by atoms with van der Waals surface area (Å²) >= 11 is 0. The quantitative estimate of drug-likeness (QED) is 0.898. The second-order valence-corrected chi connectivity index (χ2v) is 6.03. The van der Waals surface area contributed by atoms with E-state index in [4.69, 9.17) is 5.73 Å². The van der Waals surface area contributed by atoms with Gasteiger partial charge in [-0.25, -0.2) is 0 Å². The summed E-state index contributed by atoms with van der Waals surface area (Å²) in [5, 5.41) is 2.75. The third-order valence-corrected chi connectivity index (χ3v) is 2.94. The molecule has 1 rings (SSSR count). The van der Waals surface area contributed by atoms with E-state index < -0.39 is 23.2 Å². The summed E-state index contributed by atoms with van der Waals surface area (Å²) in [6, 6.07) is 5.26. The smallest absolute Gasteiger partial charge is 0.351 e. The number of benzene rings is 1. The molecule has 0 saturated heterocycles. The average molecular weight is 302 g/mol. The Labute approximate surface area is 122 Å². The number of hydrogen-bond acceptors (Lipinski definition) is 2. The molecule has 21 heavy (non-hydrogen) atoms. The molecule has 0 heterocycles. The Morgan fingerprint density at radius 2 is 1.81 bits per heavy atom. The molecule has 118 valence electrons. The number of rotatable bonds is 4. The molecule has 1 atom stereocenters. The van der Waals surface area contributed by atoms with E-state index in [1.807, 2.05) is 20.8 Å². The van der Waals surface area contributed by atoms with E-state index in [9.17, 15) is 18.0 Å². The number of alkyl halides is 3. The SMILES string of the molecule is CC(C)(C)NC(=O)C(CN)Cc1ccccc1C(F)(F)F. The van der Waals surface area contributed by atoms with Gasteiger partial charge >= 0.3 is 6.18 Å². The van der Waals surface area contributed by atoms with Crippen molar-refractivity contribution in [2.75, 3.05) is 6.54 Å². The van der Waals surface area contributed by atoms with Crippen LogP contribution in [0.1, 0.15) is 31.9 Å². The van der Waals surface area contributed by atoms with E-state index in [-0.39, 0.29) is 24.4 Å². The number of carbonyl (C=O) groups is 1. The van der Waals surface area contributed by atoms with Gasteiger partial charge in [-0.3, -0.25) is 4.79 Å². The fourth-order valence-electron chi connectivity index (χ4n) is 2.00. The molecule has 0 fully saturated rings. The van der Waals surface area contributed by atoms with Crippen LogP contribution in [0.4, 0.5) is 13.2 Å². The molecule has 0 radical (unpaired) electrons. The molecule has 0 aliphatic rings. The highest BCUT2D eigenvalue weighted by Crippen LogP contribution is 2.32. The molecule has 0 aliphatic heterocycles. The minimum Gasteiger partial charge on any atom is -0.351 e. The van der Waals surface area contributed by atoms with Crippen LogP contribution in [0.3, 0.4) is 0 Å². The van der Waals surface area contributed by atoms with E-state index in [0.29, 0.717) is 0 Å². The summed E-state index contributed by atoms with van der Waals surface area (Å²) in [5.41, 5.74) is 4.48. The van der Waals surface area contributed by atoms with E-state index in [2.05, 4.69) is 5.32 Å². The number of nitrogens with one attached hydrogen (secondary N) is 1. The first kappa shape index (κ1) is 17.5. The van der Waals surface area contributed by atoms with Crippen molar-refractivity contribution in [3.8, 4) is 0 Å². The van der Waals surface area contributed by atoms with Gasteiger partial charge in [-0.05, 0) is 38.8 Å². The number of hydrogen-bond donors (Lipinski definition) is 2. The van der Waals surface area contributed by atoms with Crippen LogP contribution in [0, 0.1) is 5.92 Å². The van der Waals surface area contributed by atoms with Crippen LogP contribution in [0.5, 0.6) is 0 Å². The Morgan fingerprint density at radius 3 is 2.29 bits per heavy atom. The van der Waals surface area contributed by atoms with E-state index in [1.165, 1.54) is 18.2 Å². The zero-order valence-corrected chi connectivity index (χ0v) is 12.4. The monoisotopic (exact) mass is 302 g/mol. The van der Waals surface area contributed by atoms with Crippen molar-refractivity contribution in [3.05, 3.63) is 35.4 Å². The van der Waals surface area contributed by atoms with Crippen molar-refractivity contribution in [2.24, 2.45) is 11.7 Å². The first-order valence-corrected chi connectivity index (χ1v) is 6.72. The maximum Gasteiger partial charge on any atom is 0.416 e. The first-order chi connectivity index (χ1) is 9.54. The van der Waals surface area contributed by atoms with Crippen molar-refractivity contribution in [1.29, 1.82) is 0 Å². The topological polar surface area (TPSA) is 55.1 Å². The molecule has 0 spiro atoms. The number of amides is 1.